The molecule has 72 valence electrons. The van der Waals surface area contributed by atoms with Crippen molar-refractivity contribution in [3.63, 3.8) is 0 Å². The average molecular weight is 192 g/mol. The SMILES string of the molecule is OB(O)c1ccccn1.c1c[nH]nn1. The van der Waals surface area contributed by atoms with Gasteiger partial charge in [0, 0.05) is 12.4 Å². The molecule has 6 nitrogen and oxygen atoms in total. The molecule has 0 unspecified atom stereocenters. The third-order valence-electron chi connectivity index (χ3n) is 1.28. The number of nitrogens with one attached hydrogen (secondary N) is 1. The van der Waals surface area contributed by atoms with Crippen LogP contribution in [0.25, 0.3) is 0 Å². The summed E-state index contributed by atoms with van der Waals surface area (Å²) in [6.07, 6.45) is 4.74. The van der Waals surface area contributed by atoms with Gasteiger partial charge >= 0.3 is 7.12 Å². The van der Waals surface area contributed by atoms with Gasteiger partial charge in [0.25, 0.3) is 0 Å². The van der Waals surface area contributed by atoms with E-state index in [0.29, 0.717) is 0 Å². The lowest BCUT2D eigenvalue weighted by atomic mass is 9.86. The summed E-state index contributed by atoms with van der Waals surface area (Å²) < 4.78 is 0. The van der Waals surface area contributed by atoms with E-state index in [9.17, 15) is 0 Å². The van der Waals surface area contributed by atoms with Gasteiger partial charge in [0.2, 0.25) is 0 Å². The van der Waals surface area contributed by atoms with Gasteiger partial charge in [-0.1, -0.05) is 11.3 Å². The molecule has 2 aromatic heterocycles. The van der Waals surface area contributed by atoms with Gasteiger partial charge in [-0.3, -0.25) is 10.1 Å². The number of rotatable bonds is 1. The van der Waals surface area contributed by atoms with Crippen molar-refractivity contribution in [2.75, 3.05) is 0 Å². The number of H-pyrrole nitrogens is 1. The average Bonchev–Trinajstić information content (AvgIpc) is 2.77. The molecule has 2 rings (SSSR count). The normalized spacial score (nSPS) is 8.71. The number of pyridine rings is 1. The molecular formula is C7H9BN4O2. The first-order valence-corrected chi connectivity index (χ1v) is 3.88. The molecule has 7 heteroatoms. The Labute approximate surface area is 80.8 Å². The van der Waals surface area contributed by atoms with Crippen LogP contribution in [0.2, 0.25) is 0 Å². The van der Waals surface area contributed by atoms with Crippen molar-refractivity contribution < 1.29 is 10.0 Å². The highest BCUT2D eigenvalue weighted by Crippen LogP contribution is 1.76. The number of aromatic nitrogens is 4. The van der Waals surface area contributed by atoms with Crippen LogP contribution in [-0.4, -0.2) is 37.6 Å². The molecule has 0 bridgehead atoms. The van der Waals surface area contributed by atoms with Gasteiger partial charge in [0.05, 0.1) is 11.8 Å². The highest BCUT2D eigenvalue weighted by Gasteiger charge is 2.09. The fraction of sp³-hybridized carbons (Fsp3) is 0. The molecule has 0 aliphatic heterocycles. The van der Waals surface area contributed by atoms with Crippen LogP contribution in [0.1, 0.15) is 0 Å². The van der Waals surface area contributed by atoms with Crippen molar-refractivity contribution in [2.45, 2.75) is 0 Å². The summed E-state index contributed by atoms with van der Waals surface area (Å²) in [5, 5.41) is 26.3. The largest absolute Gasteiger partial charge is 0.508 e. The van der Waals surface area contributed by atoms with Crippen LogP contribution in [0, 0.1) is 0 Å². The number of nitrogens with zero attached hydrogens (tertiary/aromatic N) is 3. The lowest BCUT2D eigenvalue weighted by Crippen LogP contribution is -2.31. The molecule has 0 amide bonds. The van der Waals surface area contributed by atoms with Gasteiger partial charge in [-0.2, -0.15) is 0 Å². The molecule has 2 heterocycles. The summed E-state index contributed by atoms with van der Waals surface area (Å²) in [4.78, 5) is 3.68. The molecule has 0 aromatic carbocycles. The highest BCUT2D eigenvalue weighted by molar-refractivity contribution is 6.57. The molecule has 0 aliphatic rings. The third-order valence-corrected chi connectivity index (χ3v) is 1.28. The van der Waals surface area contributed by atoms with E-state index in [1.807, 2.05) is 0 Å². The van der Waals surface area contributed by atoms with E-state index in [4.69, 9.17) is 10.0 Å². The van der Waals surface area contributed by atoms with E-state index >= 15 is 0 Å². The summed E-state index contributed by atoms with van der Waals surface area (Å²) >= 11 is 0. The minimum absolute atomic E-state index is 0.275. The molecule has 0 fully saturated rings. The van der Waals surface area contributed by atoms with Crippen molar-refractivity contribution in [1.82, 2.24) is 20.4 Å². The maximum Gasteiger partial charge on any atom is 0.508 e. The number of hydrogen-bond donors (Lipinski definition) is 3. The predicted octanol–water partition coefficient (Wildman–Crippen LogP) is -1.43. The van der Waals surface area contributed by atoms with Gasteiger partial charge in [0.1, 0.15) is 0 Å². The smallest absolute Gasteiger partial charge is 0.422 e. The quantitative estimate of drug-likeness (QED) is 0.481. The second-order valence-electron chi connectivity index (χ2n) is 2.29. The van der Waals surface area contributed by atoms with Crippen LogP contribution >= 0.6 is 0 Å². The summed E-state index contributed by atoms with van der Waals surface area (Å²) in [6.45, 7) is 0. The Kier molecular flexibility index (Phi) is 4.32. The first-order valence-electron chi connectivity index (χ1n) is 3.88. The van der Waals surface area contributed by atoms with Crippen LogP contribution in [0.3, 0.4) is 0 Å². The van der Waals surface area contributed by atoms with Crippen LogP contribution in [0.4, 0.5) is 0 Å². The Morgan fingerprint density at radius 2 is 2.07 bits per heavy atom. The summed E-state index contributed by atoms with van der Waals surface area (Å²) in [5.74, 6) is 0. The number of hydrogen-bond acceptors (Lipinski definition) is 5. The van der Waals surface area contributed by atoms with Gasteiger partial charge in [-0.25, -0.2) is 0 Å². The molecular weight excluding hydrogens is 183 g/mol. The molecule has 0 spiro atoms. The monoisotopic (exact) mass is 192 g/mol. The van der Waals surface area contributed by atoms with E-state index in [2.05, 4.69) is 20.4 Å². The van der Waals surface area contributed by atoms with Gasteiger partial charge in [-0.15, -0.1) is 5.10 Å². The van der Waals surface area contributed by atoms with Crippen molar-refractivity contribution in [2.24, 2.45) is 0 Å². The van der Waals surface area contributed by atoms with Crippen molar-refractivity contribution in [1.29, 1.82) is 0 Å². The molecule has 3 N–H and O–H groups in total. The molecule has 14 heavy (non-hydrogen) atoms. The topological polar surface area (TPSA) is 94.9 Å². The fourth-order valence-corrected chi connectivity index (χ4v) is 0.695. The van der Waals surface area contributed by atoms with Gasteiger partial charge in [-0.05, 0) is 12.1 Å². The zero-order chi connectivity index (χ0) is 10.2. The second kappa shape index (κ2) is 5.84. The summed E-state index contributed by atoms with van der Waals surface area (Å²) in [7, 11) is -1.45. The van der Waals surface area contributed by atoms with Gasteiger partial charge < -0.3 is 10.0 Å². The van der Waals surface area contributed by atoms with E-state index in [-0.39, 0.29) is 5.59 Å². The zero-order valence-corrected chi connectivity index (χ0v) is 7.28. The third kappa shape index (κ3) is 3.79. The number of aromatic amines is 1. The Morgan fingerprint density at radius 3 is 2.36 bits per heavy atom. The maximum atomic E-state index is 8.52. The minimum atomic E-state index is -1.45. The Morgan fingerprint density at radius 1 is 1.21 bits per heavy atom. The van der Waals surface area contributed by atoms with E-state index in [1.165, 1.54) is 6.20 Å². The standard InChI is InChI=1S/C5H6BNO2.C2H3N3/c8-6(9)5-3-1-2-4-7-5;1-2-4-5-3-1/h1-4,8-9H;1-2H,(H,3,4,5). The second-order valence-corrected chi connectivity index (χ2v) is 2.29. The lowest BCUT2D eigenvalue weighted by molar-refractivity contribution is 0.424. The van der Waals surface area contributed by atoms with Crippen molar-refractivity contribution >= 4 is 12.7 Å². The van der Waals surface area contributed by atoms with Crippen molar-refractivity contribution in [3.8, 4) is 0 Å². The zero-order valence-electron chi connectivity index (χ0n) is 7.28. The van der Waals surface area contributed by atoms with Crippen LogP contribution in [-0.2, 0) is 0 Å². The van der Waals surface area contributed by atoms with E-state index in [1.54, 1.807) is 30.6 Å². The summed E-state index contributed by atoms with van der Waals surface area (Å²) in [5.41, 5.74) is 0.275. The van der Waals surface area contributed by atoms with Gasteiger partial charge in [0.15, 0.2) is 0 Å². The lowest BCUT2D eigenvalue weighted by Gasteiger charge is -1.93. The molecule has 0 radical (unpaired) electrons. The molecule has 0 saturated carbocycles. The first-order chi connectivity index (χ1) is 6.80. The molecule has 0 aliphatic carbocycles. The minimum Gasteiger partial charge on any atom is -0.422 e. The maximum absolute atomic E-state index is 8.52. The van der Waals surface area contributed by atoms with Crippen LogP contribution < -0.4 is 5.59 Å². The van der Waals surface area contributed by atoms with E-state index in [0.717, 1.165) is 0 Å². The van der Waals surface area contributed by atoms with Crippen LogP contribution in [0.5, 0.6) is 0 Å². The molecule has 2 aromatic rings. The molecule has 0 saturated heterocycles. The fourth-order valence-electron chi connectivity index (χ4n) is 0.695. The van der Waals surface area contributed by atoms with Crippen molar-refractivity contribution in [3.05, 3.63) is 36.8 Å². The Balaban J connectivity index is 0.000000165. The Bertz CT molecular complexity index is 309. The highest BCUT2D eigenvalue weighted by atomic mass is 16.4. The van der Waals surface area contributed by atoms with E-state index < -0.39 is 7.12 Å². The molecule has 0 atom stereocenters. The first kappa shape index (κ1) is 10.4. The Hall–Kier alpha value is -1.73. The predicted molar refractivity (Wildman–Crippen MR) is 50.4 cm³/mol. The summed E-state index contributed by atoms with van der Waals surface area (Å²) in [6, 6.07) is 4.96. The van der Waals surface area contributed by atoms with Crippen LogP contribution in [0.15, 0.2) is 36.8 Å².